The van der Waals surface area contributed by atoms with Crippen LogP contribution in [-0.2, 0) is 4.79 Å². The highest BCUT2D eigenvalue weighted by molar-refractivity contribution is 5.75. The van der Waals surface area contributed by atoms with Gasteiger partial charge in [0.25, 0.3) is 0 Å². The second-order valence-corrected chi connectivity index (χ2v) is 4.05. The Morgan fingerprint density at radius 2 is 2.00 bits per heavy atom. The first-order valence-electron chi connectivity index (χ1n) is 5.96. The van der Waals surface area contributed by atoms with E-state index in [-0.39, 0.29) is 18.6 Å². The van der Waals surface area contributed by atoms with Gasteiger partial charge in [0.05, 0.1) is 6.61 Å². The first kappa shape index (κ1) is 15.3. The third-order valence-electron chi connectivity index (χ3n) is 2.98. The molecule has 0 aliphatic rings. The van der Waals surface area contributed by atoms with Crippen LogP contribution in [0.4, 0.5) is 0 Å². The molecule has 0 aromatic rings. The summed E-state index contributed by atoms with van der Waals surface area (Å²) in [4.78, 5) is 13.4. The fourth-order valence-electron chi connectivity index (χ4n) is 2.08. The highest BCUT2D eigenvalue weighted by atomic mass is 16.3. The van der Waals surface area contributed by atoms with Crippen molar-refractivity contribution in [3.8, 4) is 0 Å². The van der Waals surface area contributed by atoms with Gasteiger partial charge in [-0.1, -0.05) is 13.8 Å². The van der Waals surface area contributed by atoms with Crippen LogP contribution in [0.2, 0.25) is 0 Å². The number of hydrogen-bond donors (Lipinski definition) is 3. The fourth-order valence-corrected chi connectivity index (χ4v) is 2.08. The maximum absolute atomic E-state index is 11.2. The Morgan fingerprint density at radius 3 is 2.38 bits per heavy atom. The van der Waals surface area contributed by atoms with Gasteiger partial charge < -0.3 is 5.11 Å². The molecule has 1 atom stereocenters. The minimum atomic E-state index is -0.165. The number of carbonyl (C=O) groups is 1. The molecule has 0 heterocycles. The quantitative estimate of drug-likeness (QED) is 0.317. The van der Waals surface area contributed by atoms with E-state index in [1.165, 1.54) is 0 Å². The minimum Gasteiger partial charge on any atom is -0.395 e. The molecular weight excluding hydrogens is 206 g/mol. The Bertz CT molecular complexity index is 196. The number of aliphatic hydroxyl groups is 1. The summed E-state index contributed by atoms with van der Waals surface area (Å²) >= 11 is 0. The average Bonchev–Trinajstić information content (AvgIpc) is 2.29. The number of rotatable bonds is 8. The van der Waals surface area contributed by atoms with Crippen molar-refractivity contribution in [1.29, 1.82) is 0 Å². The number of hydrazine groups is 1. The normalized spacial score (nSPS) is 13.2. The number of carbonyl (C=O) groups excluding carboxylic acids is 1. The zero-order chi connectivity index (χ0) is 12.6. The van der Waals surface area contributed by atoms with Crippen molar-refractivity contribution in [1.82, 2.24) is 10.3 Å². The molecule has 4 N–H and O–H groups in total. The van der Waals surface area contributed by atoms with Crippen LogP contribution in [-0.4, -0.2) is 41.1 Å². The summed E-state index contributed by atoms with van der Waals surface area (Å²) in [6.45, 7) is 6.95. The number of nitrogens with one attached hydrogen (secondary N) is 1. The molecule has 0 aromatic carbocycles. The number of hydrogen-bond acceptors (Lipinski definition) is 4. The Hall–Kier alpha value is -0.650. The molecule has 0 radical (unpaired) electrons. The zero-order valence-corrected chi connectivity index (χ0v) is 10.6. The largest absolute Gasteiger partial charge is 0.395 e. The lowest BCUT2D eigenvalue weighted by Gasteiger charge is -2.34. The lowest BCUT2D eigenvalue weighted by molar-refractivity contribution is -0.122. The maximum Gasteiger partial charge on any atom is 0.235 e. The van der Waals surface area contributed by atoms with Crippen LogP contribution in [0.1, 0.15) is 40.0 Å². The molecule has 5 nitrogen and oxygen atoms in total. The molecule has 0 fully saturated rings. The SMILES string of the molecule is CCC(CC)N(CCO)C(C)CC(=O)NN. The molecule has 0 rings (SSSR count). The van der Waals surface area contributed by atoms with Crippen LogP contribution in [0.15, 0.2) is 0 Å². The Morgan fingerprint density at radius 1 is 1.44 bits per heavy atom. The van der Waals surface area contributed by atoms with Crippen LogP contribution in [0.5, 0.6) is 0 Å². The van der Waals surface area contributed by atoms with Crippen molar-refractivity contribution in [2.45, 2.75) is 52.1 Å². The van der Waals surface area contributed by atoms with E-state index in [1.807, 2.05) is 6.92 Å². The molecule has 0 aliphatic carbocycles. The van der Waals surface area contributed by atoms with Gasteiger partial charge in [-0.2, -0.15) is 0 Å². The van der Waals surface area contributed by atoms with Crippen molar-refractivity contribution in [2.75, 3.05) is 13.2 Å². The smallest absolute Gasteiger partial charge is 0.235 e. The molecule has 0 aromatic heterocycles. The van der Waals surface area contributed by atoms with Gasteiger partial charge >= 0.3 is 0 Å². The average molecular weight is 231 g/mol. The number of nitrogens with zero attached hydrogens (tertiary/aromatic N) is 1. The third-order valence-corrected chi connectivity index (χ3v) is 2.98. The summed E-state index contributed by atoms with van der Waals surface area (Å²) in [7, 11) is 0. The predicted octanol–water partition coefficient (Wildman–Crippen LogP) is 0.238. The molecular formula is C11H25N3O2. The Labute approximate surface area is 98.0 Å². The van der Waals surface area contributed by atoms with Crippen molar-refractivity contribution in [2.24, 2.45) is 5.84 Å². The topological polar surface area (TPSA) is 78.6 Å². The number of nitrogens with two attached hydrogens (primary N) is 1. The van der Waals surface area contributed by atoms with E-state index in [4.69, 9.17) is 10.9 Å². The van der Waals surface area contributed by atoms with Gasteiger partial charge in [-0.3, -0.25) is 15.1 Å². The summed E-state index contributed by atoms with van der Waals surface area (Å²) in [5.41, 5.74) is 2.14. The predicted molar refractivity (Wildman–Crippen MR) is 64.6 cm³/mol. The molecule has 0 saturated carbocycles. The molecule has 1 unspecified atom stereocenters. The summed E-state index contributed by atoms with van der Waals surface area (Å²) in [6, 6.07) is 0.508. The highest BCUT2D eigenvalue weighted by Gasteiger charge is 2.22. The molecule has 0 spiro atoms. The van der Waals surface area contributed by atoms with E-state index in [9.17, 15) is 4.79 Å². The van der Waals surface area contributed by atoms with E-state index in [2.05, 4.69) is 24.2 Å². The van der Waals surface area contributed by atoms with Gasteiger partial charge in [-0.05, 0) is 19.8 Å². The van der Waals surface area contributed by atoms with Crippen LogP contribution >= 0.6 is 0 Å². The van der Waals surface area contributed by atoms with Crippen molar-refractivity contribution in [3.63, 3.8) is 0 Å². The first-order chi connectivity index (χ1) is 7.60. The van der Waals surface area contributed by atoms with Gasteiger partial charge in [0.1, 0.15) is 0 Å². The van der Waals surface area contributed by atoms with E-state index in [1.54, 1.807) is 0 Å². The summed E-state index contributed by atoms with van der Waals surface area (Å²) < 4.78 is 0. The van der Waals surface area contributed by atoms with Crippen molar-refractivity contribution >= 4 is 5.91 Å². The molecule has 5 heteroatoms. The summed E-state index contributed by atoms with van der Waals surface area (Å²) in [5.74, 6) is 4.90. The second kappa shape index (κ2) is 8.50. The number of amides is 1. The van der Waals surface area contributed by atoms with Gasteiger partial charge in [-0.15, -0.1) is 0 Å². The van der Waals surface area contributed by atoms with Gasteiger partial charge in [0.2, 0.25) is 5.91 Å². The van der Waals surface area contributed by atoms with E-state index >= 15 is 0 Å². The lowest BCUT2D eigenvalue weighted by Crippen LogP contribution is -2.45. The van der Waals surface area contributed by atoms with Crippen molar-refractivity contribution < 1.29 is 9.90 Å². The Kier molecular flexibility index (Phi) is 8.15. The van der Waals surface area contributed by atoms with Crippen LogP contribution in [0.3, 0.4) is 0 Å². The van der Waals surface area contributed by atoms with Crippen LogP contribution in [0, 0.1) is 0 Å². The molecule has 0 saturated heterocycles. The number of aliphatic hydroxyl groups excluding tert-OH is 1. The van der Waals surface area contributed by atoms with Gasteiger partial charge in [0.15, 0.2) is 0 Å². The van der Waals surface area contributed by atoms with Crippen molar-refractivity contribution in [3.05, 3.63) is 0 Å². The molecule has 1 amide bonds. The van der Waals surface area contributed by atoms with E-state index < -0.39 is 0 Å². The Balaban J connectivity index is 4.43. The van der Waals surface area contributed by atoms with E-state index in [0.29, 0.717) is 19.0 Å². The lowest BCUT2D eigenvalue weighted by atomic mass is 10.1. The minimum absolute atomic E-state index is 0.0978. The molecule has 16 heavy (non-hydrogen) atoms. The van der Waals surface area contributed by atoms with Crippen LogP contribution < -0.4 is 11.3 Å². The monoisotopic (exact) mass is 231 g/mol. The summed E-state index contributed by atoms with van der Waals surface area (Å²) in [5, 5.41) is 9.05. The maximum atomic E-state index is 11.2. The molecule has 0 aliphatic heterocycles. The van der Waals surface area contributed by atoms with Crippen LogP contribution in [0.25, 0.3) is 0 Å². The molecule has 0 bridgehead atoms. The first-order valence-corrected chi connectivity index (χ1v) is 5.96. The van der Waals surface area contributed by atoms with Gasteiger partial charge in [-0.25, -0.2) is 5.84 Å². The second-order valence-electron chi connectivity index (χ2n) is 4.05. The van der Waals surface area contributed by atoms with Gasteiger partial charge in [0, 0.05) is 25.0 Å². The third kappa shape index (κ3) is 4.92. The highest BCUT2D eigenvalue weighted by Crippen LogP contribution is 2.14. The molecule has 96 valence electrons. The van der Waals surface area contributed by atoms with E-state index in [0.717, 1.165) is 12.8 Å². The summed E-state index contributed by atoms with van der Waals surface area (Å²) in [6.07, 6.45) is 2.41. The zero-order valence-electron chi connectivity index (χ0n) is 10.6. The standard InChI is InChI=1S/C11H25N3O2/c1-4-10(5-2)14(6-7-15)9(3)8-11(16)13-12/h9-10,15H,4-8,12H2,1-3H3,(H,13,16). The fraction of sp³-hybridized carbons (Fsp3) is 0.909.